The first kappa shape index (κ1) is 17.6. The van der Waals surface area contributed by atoms with Gasteiger partial charge in [-0.05, 0) is 31.9 Å². The van der Waals surface area contributed by atoms with E-state index in [9.17, 15) is 14.7 Å². The quantitative estimate of drug-likeness (QED) is 0.681. The Morgan fingerprint density at radius 3 is 2.72 bits per heavy atom. The van der Waals surface area contributed by atoms with E-state index >= 15 is 0 Å². The number of hydrogen-bond donors (Lipinski definition) is 1. The van der Waals surface area contributed by atoms with Gasteiger partial charge in [0.15, 0.2) is 0 Å². The molecule has 6 nitrogen and oxygen atoms in total. The van der Waals surface area contributed by atoms with Gasteiger partial charge in [-0.2, -0.15) is 0 Å². The highest BCUT2D eigenvalue weighted by Crippen LogP contribution is 2.30. The molecule has 0 radical (unpaired) electrons. The summed E-state index contributed by atoms with van der Waals surface area (Å²) in [7, 11) is 0. The Bertz CT molecular complexity index is 820. The van der Waals surface area contributed by atoms with Crippen LogP contribution in [0.15, 0.2) is 29.1 Å². The highest BCUT2D eigenvalue weighted by molar-refractivity contribution is 5.70. The molecule has 0 amide bonds. The lowest BCUT2D eigenvalue weighted by atomic mass is 9.91. The van der Waals surface area contributed by atoms with Gasteiger partial charge < -0.3 is 9.84 Å². The van der Waals surface area contributed by atoms with E-state index in [2.05, 4.69) is 4.98 Å². The second kappa shape index (κ2) is 7.35. The molecule has 0 spiro atoms. The third kappa shape index (κ3) is 4.25. The zero-order valence-corrected chi connectivity index (χ0v) is 14.5. The minimum absolute atomic E-state index is 0.00132. The van der Waals surface area contributed by atoms with E-state index in [1.807, 2.05) is 19.1 Å². The molecular formula is C19H24N2O4. The summed E-state index contributed by atoms with van der Waals surface area (Å²) in [5, 5.41) is 10.6. The number of carbonyl (C=O) groups is 1. The highest BCUT2D eigenvalue weighted by Gasteiger charge is 2.31. The maximum atomic E-state index is 12.2. The summed E-state index contributed by atoms with van der Waals surface area (Å²) in [6, 6.07) is 6.79. The number of rotatable bonds is 4. The first-order chi connectivity index (χ1) is 12.0. The van der Waals surface area contributed by atoms with E-state index in [-0.39, 0.29) is 18.6 Å². The van der Waals surface area contributed by atoms with Gasteiger partial charge in [0.25, 0.3) is 5.56 Å². The van der Waals surface area contributed by atoms with Gasteiger partial charge in [-0.15, -0.1) is 0 Å². The Labute approximate surface area is 146 Å². The average molecular weight is 344 g/mol. The van der Waals surface area contributed by atoms with Crippen LogP contribution in [0.4, 0.5) is 0 Å². The molecule has 1 N–H and O–H groups in total. The van der Waals surface area contributed by atoms with Crippen LogP contribution in [0.5, 0.6) is 0 Å². The molecule has 0 aliphatic heterocycles. The summed E-state index contributed by atoms with van der Waals surface area (Å²) in [4.78, 5) is 28.7. The van der Waals surface area contributed by atoms with Crippen LogP contribution in [0.3, 0.4) is 0 Å². The standard InChI is InChI=1S/C19H24N2O4/c1-14-7-6-8-16-20-15(11-17(22)21(14)16)13-25-18(23)12-19(24)9-4-2-3-5-10-19/h6-8,11,24H,2-5,9-10,12-13H2,1H3. The van der Waals surface area contributed by atoms with Crippen molar-refractivity contribution < 1.29 is 14.6 Å². The van der Waals surface area contributed by atoms with E-state index in [0.717, 1.165) is 31.4 Å². The van der Waals surface area contributed by atoms with E-state index in [0.29, 0.717) is 24.2 Å². The molecule has 2 aromatic rings. The van der Waals surface area contributed by atoms with Crippen molar-refractivity contribution in [1.82, 2.24) is 9.38 Å². The zero-order valence-electron chi connectivity index (χ0n) is 14.5. The number of carbonyl (C=O) groups excluding carboxylic acids is 1. The summed E-state index contributed by atoms with van der Waals surface area (Å²) < 4.78 is 6.77. The number of esters is 1. The number of ether oxygens (including phenoxy) is 1. The molecule has 1 aliphatic carbocycles. The van der Waals surface area contributed by atoms with Crippen molar-refractivity contribution in [1.29, 1.82) is 0 Å². The predicted molar refractivity (Wildman–Crippen MR) is 93.3 cm³/mol. The van der Waals surface area contributed by atoms with Gasteiger partial charge in [-0.25, -0.2) is 4.98 Å². The lowest BCUT2D eigenvalue weighted by molar-refractivity contribution is -0.151. The fourth-order valence-electron chi connectivity index (χ4n) is 3.48. The Balaban J connectivity index is 1.66. The molecule has 6 heteroatoms. The second-order valence-electron chi connectivity index (χ2n) is 6.92. The summed E-state index contributed by atoms with van der Waals surface area (Å²) in [5.74, 6) is -0.448. The van der Waals surface area contributed by atoms with Crippen molar-refractivity contribution in [3.05, 3.63) is 46.0 Å². The molecular weight excluding hydrogens is 320 g/mol. The molecule has 1 fully saturated rings. The molecule has 3 rings (SSSR count). The molecule has 2 heterocycles. The van der Waals surface area contributed by atoms with Crippen molar-refractivity contribution in [2.75, 3.05) is 0 Å². The molecule has 1 aliphatic rings. The van der Waals surface area contributed by atoms with Gasteiger partial charge in [0, 0.05) is 11.8 Å². The molecule has 0 saturated heterocycles. The average Bonchev–Trinajstić information content (AvgIpc) is 2.77. The molecule has 0 bridgehead atoms. The van der Waals surface area contributed by atoms with Crippen LogP contribution in [0, 0.1) is 6.92 Å². The Kier molecular flexibility index (Phi) is 5.18. The van der Waals surface area contributed by atoms with Gasteiger partial charge in [-0.3, -0.25) is 14.0 Å². The number of fused-ring (bicyclic) bond motifs is 1. The number of aliphatic hydroxyl groups is 1. The van der Waals surface area contributed by atoms with Crippen molar-refractivity contribution >= 4 is 11.6 Å². The van der Waals surface area contributed by atoms with Gasteiger partial charge in [0.1, 0.15) is 12.3 Å². The van der Waals surface area contributed by atoms with Gasteiger partial charge in [0.2, 0.25) is 0 Å². The topological polar surface area (TPSA) is 80.9 Å². The predicted octanol–water partition coefficient (Wildman–Crippen LogP) is 2.52. The van der Waals surface area contributed by atoms with E-state index in [1.165, 1.54) is 10.5 Å². The minimum Gasteiger partial charge on any atom is -0.459 e. The van der Waals surface area contributed by atoms with E-state index in [1.54, 1.807) is 6.07 Å². The van der Waals surface area contributed by atoms with Crippen LogP contribution < -0.4 is 5.56 Å². The summed E-state index contributed by atoms with van der Waals surface area (Å²) in [6.45, 7) is 1.78. The van der Waals surface area contributed by atoms with Crippen molar-refractivity contribution in [2.45, 2.75) is 64.1 Å². The third-order valence-electron chi connectivity index (χ3n) is 4.82. The number of nitrogens with zero attached hydrogens (tertiary/aromatic N) is 2. The lowest BCUT2D eigenvalue weighted by Crippen LogP contribution is -2.31. The van der Waals surface area contributed by atoms with Crippen LogP contribution in [-0.4, -0.2) is 26.1 Å². The molecule has 0 unspecified atom stereocenters. The maximum absolute atomic E-state index is 12.2. The van der Waals surface area contributed by atoms with E-state index in [4.69, 9.17) is 4.74 Å². The Hall–Kier alpha value is -2.21. The number of hydrogen-bond acceptors (Lipinski definition) is 5. The SMILES string of the molecule is Cc1cccc2nc(COC(=O)CC3(O)CCCCCC3)cc(=O)n12. The first-order valence-corrected chi connectivity index (χ1v) is 8.83. The summed E-state index contributed by atoms with van der Waals surface area (Å²) >= 11 is 0. The molecule has 2 aromatic heterocycles. The molecule has 134 valence electrons. The molecule has 0 aromatic carbocycles. The molecule has 0 atom stereocenters. The van der Waals surface area contributed by atoms with E-state index < -0.39 is 11.6 Å². The normalized spacial score (nSPS) is 17.2. The fourth-order valence-corrected chi connectivity index (χ4v) is 3.48. The highest BCUT2D eigenvalue weighted by atomic mass is 16.5. The third-order valence-corrected chi connectivity index (χ3v) is 4.82. The zero-order chi connectivity index (χ0) is 17.9. The first-order valence-electron chi connectivity index (χ1n) is 8.83. The van der Waals surface area contributed by atoms with Crippen molar-refractivity contribution in [2.24, 2.45) is 0 Å². The van der Waals surface area contributed by atoms with Crippen LogP contribution in [0.25, 0.3) is 5.65 Å². The minimum atomic E-state index is -0.957. The maximum Gasteiger partial charge on any atom is 0.309 e. The second-order valence-corrected chi connectivity index (χ2v) is 6.92. The monoisotopic (exact) mass is 344 g/mol. The van der Waals surface area contributed by atoms with Gasteiger partial charge in [-0.1, -0.05) is 31.7 Å². The van der Waals surface area contributed by atoms with Gasteiger partial charge in [0.05, 0.1) is 17.7 Å². The van der Waals surface area contributed by atoms with Gasteiger partial charge >= 0.3 is 5.97 Å². The van der Waals surface area contributed by atoms with Crippen LogP contribution in [-0.2, 0) is 16.1 Å². The summed E-state index contributed by atoms with van der Waals surface area (Å²) in [6.07, 6.45) is 5.34. The van der Waals surface area contributed by atoms with Crippen LogP contribution in [0.1, 0.15) is 56.3 Å². The fraction of sp³-hybridized carbons (Fsp3) is 0.526. The largest absolute Gasteiger partial charge is 0.459 e. The molecule has 25 heavy (non-hydrogen) atoms. The Morgan fingerprint density at radius 2 is 2.00 bits per heavy atom. The number of pyridine rings is 1. The smallest absolute Gasteiger partial charge is 0.309 e. The molecule has 1 saturated carbocycles. The van der Waals surface area contributed by atoms with Crippen molar-refractivity contribution in [3.63, 3.8) is 0 Å². The van der Waals surface area contributed by atoms with Crippen LogP contribution >= 0.6 is 0 Å². The number of aryl methyl sites for hydroxylation is 1. The summed E-state index contributed by atoms with van der Waals surface area (Å²) in [5.41, 5.74) is 0.588. The Morgan fingerprint density at radius 1 is 1.28 bits per heavy atom. The lowest BCUT2D eigenvalue weighted by Gasteiger charge is -2.25. The number of aromatic nitrogens is 2. The van der Waals surface area contributed by atoms with Crippen LogP contribution in [0.2, 0.25) is 0 Å². The van der Waals surface area contributed by atoms with Crippen molar-refractivity contribution in [3.8, 4) is 0 Å².